The maximum atomic E-state index is 12.5. The molecule has 2 rings (SSSR count). The third kappa shape index (κ3) is 2.97. The lowest BCUT2D eigenvalue weighted by atomic mass is 10.2. The first kappa shape index (κ1) is 15.3. The van der Waals surface area contributed by atoms with Crippen molar-refractivity contribution in [2.75, 3.05) is 40.3 Å². The number of amides is 1. The summed E-state index contributed by atoms with van der Waals surface area (Å²) in [6, 6.07) is 0. The van der Waals surface area contributed by atoms with Gasteiger partial charge in [0.1, 0.15) is 0 Å². The van der Waals surface area contributed by atoms with E-state index >= 15 is 0 Å². The summed E-state index contributed by atoms with van der Waals surface area (Å²) >= 11 is 6.35. The summed E-state index contributed by atoms with van der Waals surface area (Å²) in [6.45, 7) is 6.54. The molecule has 1 amide bonds. The van der Waals surface area contributed by atoms with Gasteiger partial charge in [0, 0.05) is 39.3 Å². The summed E-state index contributed by atoms with van der Waals surface area (Å²) in [7, 11) is 3.91. The van der Waals surface area contributed by atoms with Crippen LogP contribution >= 0.6 is 11.6 Å². The number of hydrogen-bond donors (Lipinski definition) is 1. The number of nitrogens with zero attached hydrogens (tertiary/aromatic N) is 4. The van der Waals surface area contributed by atoms with Gasteiger partial charge in [-0.1, -0.05) is 11.6 Å². The number of halogens is 1. The van der Waals surface area contributed by atoms with Gasteiger partial charge in [-0.05, 0) is 21.0 Å². The van der Waals surface area contributed by atoms with E-state index in [9.17, 15) is 4.79 Å². The van der Waals surface area contributed by atoms with E-state index < -0.39 is 0 Å². The van der Waals surface area contributed by atoms with Crippen LogP contribution in [0.15, 0.2) is 0 Å². The summed E-state index contributed by atoms with van der Waals surface area (Å²) in [5, 5.41) is 7.92. The summed E-state index contributed by atoms with van der Waals surface area (Å²) in [5.74, 6) is -0.0624. The van der Waals surface area contributed by atoms with Crippen LogP contribution in [-0.4, -0.2) is 65.8 Å². The zero-order chi connectivity index (χ0) is 14.7. The smallest absolute Gasteiger partial charge is 0.276 e. The van der Waals surface area contributed by atoms with Crippen molar-refractivity contribution < 1.29 is 4.79 Å². The minimum Gasteiger partial charge on any atom is -0.335 e. The van der Waals surface area contributed by atoms with Gasteiger partial charge in [-0.25, -0.2) is 0 Å². The Labute approximate surface area is 124 Å². The maximum Gasteiger partial charge on any atom is 0.276 e. The molecule has 0 spiro atoms. The first-order chi connectivity index (χ1) is 9.58. The molecule has 1 fully saturated rings. The first-order valence-corrected chi connectivity index (χ1v) is 7.33. The number of likely N-dealkylation sites (N-methyl/N-ethyl adjacent to an activating group) is 1. The molecular weight excluding hydrogens is 278 g/mol. The molecule has 7 heteroatoms. The number of rotatable bonds is 4. The van der Waals surface area contributed by atoms with Gasteiger partial charge in [0.2, 0.25) is 0 Å². The third-order valence-electron chi connectivity index (χ3n) is 3.63. The predicted molar refractivity (Wildman–Crippen MR) is 79.1 cm³/mol. The fourth-order valence-corrected chi connectivity index (χ4v) is 2.65. The Hall–Kier alpha value is -1.11. The Morgan fingerprint density at radius 1 is 1.35 bits per heavy atom. The molecule has 0 bridgehead atoms. The van der Waals surface area contributed by atoms with Gasteiger partial charge < -0.3 is 15.1 Å². The Morgan fingerprint density at radius 3 is 2.55 bits per heavy atom. The number of carbonyl (C=O) groups is 1. The van der Waals surface area contributed by atoms with Crippen LogP contribution in [0, 0.1) is 0 Å². The summed E-state index contributed by atoms with van der Waals surface area (Å²) < 4.78 is 1.79. The van der Waals surface area contributed by atoms with Gasteiger partial charge in [0.15, 0.2) is 5.69 Å². The van der Waals surface area contributed by atoms with Crippen molar-refractivity contribution >= 4 is 17.5 Å². The second-order valence-corrected chi connectivity index (χ2v) is 5.43. The van der Waals surface area contributed by atoms with Crippen LogP contribution in [0.1, 0.15) is 23.1 Å². The fraction of sp³-hybridized carbons (Fsp3) is 0.692. The topological polar surface area (TPSA) is 53.4 Å². The molecule has 1 N–H and O–H groups in total. The van der Waals surface area contributed by atoms with Crippen LogP contribution in [0.2, 0.25) is 5.02 Å². The van der Waals surface area contributed by atoms with Crippen molar-refractivity contribution in [1.29, 1.82) is 0 Å². The third-order valence-corrected chi connectivity index (χ3v) is 4.03. The molecule has 1 saturated heterocycles. The molecule has 1 aromatic rings. The molecule has 20 heavy (non-hydrogen) atoms. The molecule has 2 heterocycles. The normalized spacial score (nSPS) is 16.7. The highest BCUT2D eigenvalue weighted by Crippen LogP contribution is 2.22. The van der Waals surface area contributed by atoms with Crippen molar-refractivity contribution in [2.24, 2.45) is 0 Å². The molecule has 1 aliphatic heterocycles. The van der Waals surface area contributed by atoms with E-state index in [4.69, 9.17) is 11.6 Å². The highest BCUT2D eigenvalue weighted by molar-refractivity contribution is 6.34. The average Bonchev–Trinajstić information content (AvgIpc) is 2.76. The van der Waals surface area contributed by atoms with Crippen LogP contribution < -0.4 is 5.32 Å². The molecule has 0 atom stereocenters. The van der Waals surface area contributed by atoms with E-state index in [-0.39, 0.29) is 5.91 Å². The van der Waals surface area contributed by atoms with Crippen molar-refractivity contribution in [1.82, 2.24) is 24.9 Å². The minimum absolute atomic E-state index is 0.0624. The van der Waals surface area contributed by atoms with Gasteiger partial charge in [-0.2, -0.15) is 5.10 Å². The number of piperazine rings is 1. The number of aromatic nitrogens is 2. The molecule has 112 valence electrons. The molecule has 0 aliphatic carbocycles. The monoisotopic (exact) mass is 299 g/mol. The number of hydrogen-bond acceptors (Lipinski definition) is 4. The number of aryl methyl sites for hydroxylation is 1. The minimum atomic E-state index is -0.0624. The maximum absolute atomic E-state index is 12.5. The van der Waals surface area contributed by atoms with E-state index in [1.54, 1.807) is 4.68 Å². The molecule has 1 aliphatic rings. The van der Waals surface area contributed by atoms with E-state index in [0.717, 1.165) is 31.9 Å². The van der Waals surface area contributed by atoms with Gasteiger partial charge in [0.25, 0.3) is 5.91 Å². The van der Waals surface area contributed by atoms with Gasteiger partial charge in [-0.15, -0.1) is 0 Å². The van der Waals surface area contributed by atoms with E-state index in [2.05, 4.69) is 22.4 Å². The Bertz CT molecular complexity index is 479. The second-order valence-electron chi connectivity index (χ2n) is 5.05. The quantitative estimate of drug-likeness (QED) is 0.888. The number of carbonyl (C=O) groups excluding carboxylic acids is 1. The van der Waals surface area contributed by atoms with Crippen molar-refractivity contribution in [3.05, 3.63) is 16.4 Å². The Morgan fingerprint density at radius 2 is 2.00 bits per heavy atom. The van der Waals surface area contributed by atoms with Crippen LogP contribution in [-0.2, 0) is 13.1 Å². The van der Waals surface area contributed by atoms with E-state index in [0.29, 0.717) is 23.8 Å². The Kier molecular flexibility index (Phi) is 5.01. The molecule has 6 nitrogen and oxygen atoms in total. The highest BCUT2D eigenvalue weighted by Gasteiger charge is 2.27. The lowest BCUT2D eigenvalue weighted by molar-refractivity contribution is 0.0657. The van der Waals surface area contributed by atoms with Crippen LogP contribution in [0.25, 0.3) is 0 Å². The molecule has 0 saturated carbocycles. The zero-order valence-corrected chi connectivity index (χ0v) is 13.1. The SMILES string of the molecule is CCn1nc(C(=O)N2CCN(C)CC2)c(Cl)c1CNC. The van der Waals surface area contributed by atoms with Gasteiger partial charge in [0.05, 0.1) is 10.7 Å². The summed E-state index contributed by atoms with van der Waals surface area (Å²) in [5.41, 5.74) is 1.25. The van der Waals surface area contributed by atoms with Crippen LogP contribution in [0.4, 0.5) is 0 Å². The predicted octanol–water partition coefficient (Wildman–Crippen LogP) is 0.663. The van der Waals surface area contributed by atoms with Crippen LogP contribution in [0.5, 0.6) is 0 Å². The average molecular weight is 300 g/mol. The fourth-order valence-electron chi connectivity index (χ4n) is 2.37. The van der Waals surface area contributed by atoms with Gasteiger partial charge in [-0.3, -0.25) is 9.48 Å². The molecule has 0 aromatic carbocycles. The first-order valence-electron chi connectivity index (χ1n) is 6.96. The second kappa shape index (κ2) is 6.56. The van der Waals surface area contributed by atoms with Crippen molar-refractivity contribution in [3.63, 3.8) is 0 Å². The molecule has 0 unspecified atom stereocenters. The Balaban J connectivity index is 2.21. The van der Waals surface area contributed by atoms with E-state index in [1.165, 1.54) is 0 Å². The van der Waals surface area contributed by atoms with Crippen LogP contribution in [0.3, 0.4) is 0 Å². The standard InChI is InChI=1S/C13H22ClN5O/c1-4-19-10(9-15-2)11(14)12(16-19)13(20)18-7-5-17(3)6-8-18/h15H,4-9H2,1-3H3. The zero-order valence-electron chi connectivity index (χ0n) is 12.3. The van der Waals surface area contributed by atoms with Gasteiger partial charge >= 0.3 is 0 Å². The van der Waals surface area contributed by atoms with E-state index in [1.807, 2.05) is 18.9 Å². The summed E-state index contributed by atoms with van der Waals surface area (Å²) in [6.07, 6.45) is 0. The number of nitrogens with one attached hydrogen (secondary N) is 1. The summed E-state index contributed by atoms with van der Waals surface area (Å²) in [4.78, 5) is 16.6. The van der Waals surface area contributed by atoms with Crippen molar-refractivity contribution in [2.45, 2.75) is 20.0 Å². The lowest BCUT2D eigenvalue weighted by Crippen LogP contribution is -2.47. The molecular formula is C13H22ClN5O. The molecule has 0 radical (unpaired) electrons. The molecule has 1 aromatic heterocycles. The van der Waals surface area contributed by atoms with Crippen molar-refractivity contribution in [3.8, 4) is 0 Å². The highest BCUT2D eigenvalue weighted by atomic mass is 35.5. The largest absolute Gasteiger partial charge is 0.335 e. The lowest BCUT2D eigenvalue weighted by Gasteiger charge is -2.31.